The first kappa shape index (κ1) is 12.1. The number of fused-ring (bicyclic) bond motifs is 1. The molecule has 0 aliphatic carbocycles. The monoisotopic (exact) mass is 275 g/mol. The molecule has 98 valence electrons. The van der Waals surface area contributed by atoms with E-state index in [-0.39, 0.29) is 0 Å². The summed E-state index contributed by atoms with van der Waals surface area (Å²) in [5.41, 5.74) is 7.71. The lowest BCUT2D eigenvalue weighted by molar-refractivity contribution is 0.174. The molecule has 2 aromatic rings. The topological polar surface area (TPSA) is 70.3 Å². The summed E-state index contributed by atoms with van der Waals surface area (Å²) in [5.74, 6) is 2.85. The van der Waals surface area contributed by atoms with E-state index in [1.807, 2.05) is 25.1 Å². The molecule has 1 aromatic heterocycles. The molecule has 2 heterocycles. The zero-order valence-corrected chi connectivity index (χ0v) is 11.2. The molecule has 6 heteroatoms. The summed E-state index contributed by atoms with van der Waals surface area (Å²) < 4.78 is 10.6. The van der Waals surface area contributed by atoms with Gasteiger partial charge in [0.2, 0.25) is 6.79 Å². The Morgan fingerprint density at radius 3 is 2.89 bits per heavy atom. The summed E-state index contributed by atoms with van der Waals surface area (Å²) in [7, 11) is 0. The van der Waals surface area contributed by atoms with E-state index in [1.54, 1.807) is 17.8 Å². The average Bonchev–Trinajstić information content (AvgIpc) is 2.82. The highest BCUT2D eigenvalue weighted by Crippen LogP contribution is 2.34. The maximum atomic E-state index is 5.70. The lowest BCUT2D eigenvalue weighted by Gasteiger charge is -2.04. The molecular formula is C13H13N3O2S. The van der Waals surface area contributed by atoms with Gasteiger partial charge in [-0.1, -0.05) is 17.8 Å². The van der Waals surface area contributed by atoms with Gasteiger partial charge in [-0.2, -0.15) is 0 Å². The molecule has 5 nitrogen and oxygen atoms in total. The Balaban J connectivity index is 1.72. The molecule has 0 fully saturated rings. The van der Waals surface area contributed by atoms with Crippen LogP contribution in [0.5, 0.6) is 11.5 Å². The van der Waals surface area contributed by atoms with Crippen molar-refractivity contribution in [3.8, 4) is 11.5 Å². The first-order valence-corrected chi connectivity index (χ1v) is 6.82. The van der Waals surface area contributed by atoms with E-state index in [4.69, 9.17) is 15.2 Å². The minimum Gasteiger partial charge on any atom is -0.454 e. The van der Waals surface area contributed by atoms with Crippen LogP contribution in [-0.2, 0) is 5.75 Å². The predicted octanol–water partition coefficient (Wildman–Crippen LogP) is 2.39. The molecule has 2 N–H and O–H groups in total. The number of hydrogen-bond acceptors (Lipinski definition) is 6. The lowest BCUT2D eigenvalue weighted by atomic mass is 10.2. The zero-order valence-electron chi connectivity index (χ0n) is 10.4. The third-order valence-electron chi connectivity index (χ3n) is 2.66. The van der Waals surface area contributed by atoms with Crippen LogP contribution in [0.15, 0.2) is 29.4 Å². The zero-order chi connectivity index (χ0) is 13.2. The van der Waals surface area contributed by atoms with Gasteiger partial charge in [-0.05, 0) is 24.6 Å². The van der Waals surface area contributed by atoms with Crippen LogP contribution in [0.3, 0.4) is 0 Å². The summed E-state index contributed by atoms with van der Waals surface area (Å²) in [6.45, 7) is 2.20. The van der Waals surface area contributed by atoms with Crippen LogP contribution in [0.2, 0.25) is 0 Å². The SMILES string of the molecule is Cc1cc(N)nc(SCc2ccc3c(c2)OCO3)n1. The highest BCUT2D eigenvalue weighted by molar-refractivity contribution is 7.98. The van der Waals surface area contributed by atoms with Crippen molar-refractivity contribution >= 4 is 17.6 Å². The average molecular weight is 275 g/mol. The number of aromatic nitrogens is 2. The Hall–Kier alpha value is -1.95. The number of hydrogen-bond donors (Lipinski definition) is 1. The lowest BCUT2D eigenvalue weighted by Crippen LogP contribution is -1.96. The van der Waals surface area contributed by atoms with Crippen LogP contribution in [0, 0.1) is 6.92 Å². The number of thioether (sulfide) groups is 1. The standard InChI is InChI=1S/C13H13N3O2S/c1-8-4-12(14)16-13(15-8)19-6-9-2-3-10-11(5-9)18-7-17-10/h2-5H,6-7H2,1H3,(H2,14,15,16). The van der Waals surface area contributed by atoms with Gasteiger partial charge in [-0.25, -0.2) is 9.97 Å². The highest BCUT2D eigenvalue weighted by Gasteiger charge is 2.13. The molecule has 0 spiro atoms. The summed E-state index contributed by atoms with van der Waals surface area (Å²) >= 11 is 1.55. The molecule has 0 bridgehead atoms. The molecule has 0 saturated heterocycles. The normalized spacial score (nSPS) is 12.7. The smallest absolute Gasteiger partial charge is 0.231 e. The fourth-order valence-corrected chi connectivity index (χ4v) is 2.66. The van der Waals surface area contributed by atoms with Crippen molar-refractivity contribution in [2.24, 2.45) is 0 Å². The molecule has 0 atom stereocenters. The first-order valence-electron chi connectivity index (χ1n) is 5.83. The molecule has 0 unspecified atom stereocenters. The Bertz CT molecular complexity index is 599. The molecule has 1 aliphatic rings. The number of rotatable bonds is 3. The van der Waals surface area contributed by atoms with Crippen molar-refractivity contribution in [3.05, 3.63) is 35.5 Å². The molecule has 0 amide bonds. The number of benzene rings is 1. The number of nitrogens with two attached hydrogens (primary N) is 1. The van der Waals surface area contributed by atoms with Crippen LogP contribution in [0.25, 0.3) is 0 Å². The Morgan fingerprint density at radius 1 is 1.21 bits per heavy atom. The van der Waals surface area contributed by atoms with Crippen LogP contribution in [0.4, 0.5) is 5.82 Å². The van der Waals surface area contributed by atoms with Gasteiger partial charge in [0.05, 0.1) is 0 Å². The van der Waals surface area contributed by atoms with Gasteiger partial charge in [0.15, 0.2) is 16.7 Å². The molecule has 19 heavy (non-hydrogen) atoms. The van der Waals surface area contributed by atoms with Crippen LogP contribution in [-0.4, -0.2) is 16.8 Å². The van der Waals surface area contributed by atoms with Gasteiger partial charge < -0.3 is 15.2 Å². The third kappa shape index (κ3) is 2.73. The molecule has 1 aromatic carbocycles. The quantitative estimate of drug-likeness (QED) is 0.685. The van der Waals surface area contributed by atoms with E-state index in [0.717, 1.165) is 28.5 Å². The van der Waals surface area contributed by atoms with Gasteiger partial charge in [0.25, 0.3) is 0 Å². The van der Waals surface area contributed by atoms with Crippen LogP contribution < -0.4 is 15.2 Å². The minimum atomic E-state index is 0.295. The van der Waals surface area contributed by atoms with Crippen molar-refractivity contribution in [2.45, 2.75) is 17.8 Å². The number of anilines is 1. The Morgan fingerprint density at radius 2 is 2.05 bits per heavy atom. The fraction of sp³-hybridized carbons (Fsp3) is 0.231. The highest BCUT2D eigenvalue weighted by atomic mass is 32.2. The Kier molecular flexibility index (Phi) is 3.16. The largest absolute Gasteiger partial charge is 0.454 e. The maximum absolute atomic E-state index is 5.70. The van der Waals surface area contributed by atoms with E-state index in [2.05, 4.69) is 9.97 Å². The second-order valence-corrected chi connectivity index (χ2v) is 5.14. The van der Waals surface area contributed by atoms with Crippen LogP contribution >= 0.6 is 11.8 Å². The molecule has 1 aliphatic heterocycles. The number of aryl methyl sites for hydroxylation is 1. The number of ether oxygens (including phenoxy) is 2. The second kappa shape index (κ2) is 4.97. The van der Waals surface area contributed by atoms with E-state index in [1.165, 1.54) is 0 Å². The summed E-state index contributed by atoms with van der Waals surface area (Å²) in [6.07, 6.45) is 0. The van der Waals surface area contributed by atoms with E-state index in [9.17, 15) is 0 Å². The molecule has 0 radical (unpaired) electrons. The van der Waals surface area contributed by atoms with Crippen molar-refractivity contribution in [1.82, 2.24) is 9.97 Å². The van der Waals surface area contributed by atoms with E-state index >= 15 is 0 Å². The van der Waals surface area contributed by atoms with Gasteiger partial charge in [-0.3, -0.25) is 0 Å². The minimum absolute atomic E-state index is 0.295. The van der Waals surface area contributed by atoms with Crippen molar-refractivity contribution < 1.29 is 9.47 Å². The van der Waals surface area contributed by atoms with Crippen molar-refractivity contribution in [2.75, 3.05) is 12.5 Å². The second-order valence-electron chi connectivity index (χ2n) is 4.19. The van der Waals surface area contributed by atoms with E-state index < -0.39 is 0 Å². The third-order valence-corrected chi connectivity index (χ3v) is 3.58. The van der Waals surface area contributed by atoms with Gasteiger partial charge in [-0.15, -0.1) is 0 Å². The first-order chi connectivity index (χ1) is 9.20. The predicted molar refractivity (Wildman–Crippen MR) is 73.3 cm³/mol. The Labute approximate surface area is 115 Å². The van der Waals surface area contributed by atoms with Gasteiger partial charge in [0.1, 0.15) is 5.82 Å². The van der Waals surface area contributed by atoms with Crippen molar-refractivity contribution in [1.29, 1.82) is 0 Å². The summed E-state index contributed by atoms with van der Waals surface area (Å²) in [6, 6.07) is 7.67. The fourth-order valence-electron chi connectivity index (χ4n) is 1.81. The summed E-state index contributed by atoms with van der Waals surface area (Å²) in [5, 5.41) is 0.690. The van der Waals surface area contributed by atoms with Gasteiger partial charge >= 0.3 is 0 Å². The van der Waals surface area contributed by atoms with E-state index in [0.29, 0.717) is 17.8 Å². The van der Waals surface area contributed by atoms with Gasteiger partial charge in [0, 0.05) is 17.5 Å². The number of nitrogens with zero attached hydrogens (tertiary/aromatic N) is 2. The number of nitrogen functional groups attached to an aromatic ring is 1. The molecular weight excluding hydrogens is 262 g/mol. The summed E-state index contributed by atoms with van der Waals surface area (Å²) in [4.78, 5) is 8.53. The molecule has 0 saturated carbocycles. The maximum Gasteiger partial charge on any atom is 0.231 e. The van der Waals surface area contributed by atoms with Crippen LogP contribution in [0.1, 0.15) is 11.3 Å². The molecule has 3 rings (SSSR count). The van der Waals surface area contributed by atoms with Crippen molar-refractivity contribution in [3.63, 3.8) is 0 Å².